The van der Waals surface area contributed by atoms with Gasteiger partial charge in [0.15, 0.2) is 17.7 Å². The maximum Gasteiger partial charge on any atom is 0.250 e. The molecule has 0 bridgehead atoms. The largest absolute Gasteiger partial charge is 0.378 e. The van der Waals surface area contributed by atoms with Crippen molar-refractivity contribution in [3.8, 4) is 0 Å². The number of carbonyl (C=O) groups is 1. The summed E-state index contributed by atoms with van der Waals surface area (Å²) in [7, 11) is 0. The first-order chi connectivity index (χ1) is 6.02. The highest BCUT2D eigenvalue weighted by Crippen LogP contribution is 2.15. The zero-order valence-electron chi connectivity index (χ0n) is 6.50. The Labute approximate surface area is 72.8 Å². The number of hydrogen-bond acceptors (Lipinski definition) is 2. The molecule has 1 aromatic carbocycles. The summed E-state index contributed by atoms with van der Waals surface area (Å²) in [4.78, 5) is 10.5. The van der Waals surface area contributed by atoms with E-state index < -0.39 is 23.6 Å². The van der Waals surface area contributed by atoms with Gasteiger partial charge >= 0.3 is 0 Å². The molecule has 0 fully saturated rings. The van der Waals surface area contributed by atoms with Gasteiger partial charge in [0.25, 0.3) is 5.91 Å². The number of aliphatic hydroxyl groups is 1. The number of aliphatic hydroxyl groups excluding tert-OH is 1. The predicted octanol–water partition coefficient (Wildman–Crippen LogP) is 0.484. The second-order valence-electron chi connectivity index (χ2n) is 2.48. The summed E-state index contributed by atoms with van der Waals surface area (Å²) < 4.78 is 25.0. The lowest BCUT2D eigenvalue weighted by Crippen LogP contribution is -2.20. The van der Waals surface area contributed by atoms with Crippen molar-refractivity contribution in [1.29, 1.82) is 0 Å². The van der Waals surface area contributed by atoms with Crippen LogP contribution >= 0.6 is 0 Å². The van der Waals surface area contributed by atoms with Crippen molar-refractivity contribution in [2.45, 2.75) is 6.10 Å². The Bertz CT molecular complexity index is 341. The summed E-state index contributed by atoms with van der Waals surface area (Å²) in [5, 5.41) is 9.05. The van der Waals surface area contributed by atoms with E-state index in [4.69, 9.17) is 10.8 Å². The van der Waals surface area contributed by atoms with E-state index >= 15 is 0 Å². The quantitative estimate of drug-likeness (QED) is 0.707. The van der Waals surface area contributed by atoms with Crippen molar-refractivity contribution in [3.05, 3.63) is 35.4 Å². The normalized spacial score (nSPS) is 12.5. The second-order valence-corrected chi connectivity index (χ2v) is 2.48. The molecule has 70 valence electrons. The van der Waals surface area contributed by atoms with Crippen LogP contribution in [0.15, 0.2) is 18.2 Å². The third-order valence-electron chi connectivity index (χ3n) is 1.53. The number of halogens is 2. The highest BCUT2D eigenvalue weighted by Gasteiger charge is 2.15. The van der Waals surface area contributed by atoms with Crippen LogP contribution in [0.3, 0.4) is 0 Å². The minimum atomic E-state index is -1.60. The van der Waals surface area contributed by atoms with Crippen LogP contribution in [0.4, 0.5) is 8.78 Å². The Hall–Kier alpha value is -1.49. The second kappa shape index (κ2) is 3.49. The number of carbonyl (C=O) groups excluding carboxylic acids is 1. The van der Waals surface area contributed by atoms with Gasteiger partial charge in [-0.1, -0.05) is 6.07 Å². The molecule has 0 spiro atoms. The molecule has 0 aliphatic rings. The van der Waals surface area contributed by atoms with Gasteiger partial charge < -0.3 is 10.8 Å². The fraction of sp³-hybridized carbons (Fsp3) is 0.125. The van der Waals surface area contributed by atoms with Gasteiger partial charge in [-0.05, 0) is 17.7 Å². The predicted molar refractivity (Wildman–Crippen MR) is 40.5 cm³/mol. The van der Waals surface area contributed by atoms with Gasteiger partial charge in [0, 0.05) is 0 Å². The van der Waals surface area contributed by atoms with Crippen LogP contribution in [0, 0.1) is 11.6 Å². The summed E-state index contributed by atoms with van der Waals surface area (Å²) in [6.07, 6.45) is -1.60. The zero-order chi connectivity index (χ0) is 10.0. The molecule has 0 aliphatic carbocycles. The molecule has 1 unspecified atom stereocenters. The number of rotatable bonds is 2. The summed E-state index contributed by atoms with van der Waals surface area (Å²) in [6.45, 7) is 0. The molecule has 3 N–H and O–H groups in total. The van der Waals surface area contributed by atoms with Crippen molar-refractivity contribution < 1.29 is 18.7 Å². The molecule has 13 heavy (non-hydrogen) atoms. The SMILES string of the molecule is NC(=O)C(O)c1ccc(F)c(F)c1. The maximum atomic E-state index is 12.6. The molecule has 0 radical (unpaired) electrons. The highest BCUT2D eigenvalue weighted by molar-refractivity contribution is 5.80. The molecule has 0 aromatic heterocycles. The molecule has 1 rings (SSSR count). The monoisotopic (exact) mass is 187 g/mol. The Morgan fingerprint density at radius 3 is 2.46 bits per heavy atom. The molecular weight excluding hydrogens is 180 g/mol. The van der Waals surface area contributed by atoms with Crippen molar-refractivity contribution >= 4 is 5.91 Å². The fourth-order valence-corrected chi connectivity index (χ4v) is 0.847. The van der Waals surface area contributed by atoms with E-state index in [1.807, 2.05) is 0 Å². The van der Waals surface area contributed by atoms with Crippen molar-refractivity contribution in [2.24, 2.45) is 5.73 Å². The summed E-state index contributed by atoms with van der Waals surface area (Å²) in [5.74, 6) is -3.18. The van der Waals surface area contributed by atoms with Crippen LogP contribution in [0.25, 0.3) is 0 Å². The van der Waals surface area contributed by atoms with Gasteiger partial charge in [0.05, 0.1) is 0 Å². The van der Waals surface area contributed by atoms with Gasteiger partial charge in [-0.3, -0.25) is 4.79 Å². The molecule has 1 amide bonds. The lowest BCUT2D eigenvalue weighted by Gasteiger charge is -2.06. The van der Waals surface area contributed by atoms with E-state index in [9.17, 15) is 13.6 Å². The van der Waals surface area contributed by atoms with Gasteiger partial charge in [-0.25, -0.2) is 8.78 Å². The van der Waals surface area contributed by atoms with Gasteiger partial charge in [0.2, 0.25) is 0 Å². The summed E-state index contributed by atoms with van der Waals surface area (Å²) in [6, 6.07) is 2.63. The fourth-order valence-electron chi connectivity index (χ4n) is 0.847. The van der Waals surface area contributed by atoms with E-state index in [-0.39, 0.29) is 5.56 Å². The van der Waals surface area contributed by atoms with Crippen LogP contribution in [0.1, 0.15) is 11.7 Å². The lowest BCUT2D eigenvalue weighted by molar-refractivity contribution is -0.126. The van der Waals surface area contributed by atoms with E-state index in [0.717, 1.165) is 18.2 Å². The standard InChI is InChI=1S/C8H7F2NO2/c9-5-2-1-4(3-6(5)10)7(12)8(11)13/h1-3,7,12H,(H2,11,13). The van der Waals surface area contributed by atoms with Gasteiger partial charge in [-0.15, -0.1) is 0 Å². The first kappa shape index (κ1) is 9.60. The highest BCUT2D eigenvalue weighted by atomic mass is 19.2. The number of nitrogens with two attached hydrogens (primary N) is 1. The molecule has 3 nitrogen and oxygen atoms in total. The molecule has 0 heterocycles. The molecule has 1 atom stereocenters. The van der Waals surface area contributed by atoms with E-state index in [1.165, 1.54) is 0 Å². The molecule has 0 saturated carbocycles. The number of amides is 1. The summed E-state index contributed by atoms with van der Waals surface area (Å²) >= 11 is 0. The van der Waals surface area contributed by atoms with Crippen molar-refractivity contribution in [1.82, 2.24) is 0 Å². The topological polar surface area (TPSA) is 63.3 Å². The Balaban J connectivity index is 3.03. The molecule has 5 heteroatoms. The zero-order valence-corrected chi connectivity index (χ0v) is 6.50. The van der Waals surface area contributed by atoms with E-state index in [0.29, 0.717) is 0 Å². The van der Waals surface area contributed by atoms with Crippen molar-refractivity contribution in [2.75, 3.05) is 0 Å². The molecular formula is C8H7F2NO2. The molecule has 0 saturated heterocycles. The summed E-state index contributed by atoms with van der Waals surface area (Å²) in [5.41, 5.74) is 4.69. The number of benzene rings is 1. The van der Waals surface area contributed by atoms with Crippen LogP contribution < -0.4 is 5.73 Å². The third-order valence-corrected chi connectivity index (χ3v) is 1.53. The van der Waals surface area contributed by atoms with E-state index in [2.05, 4.69) is 0 Å². The minimum absolute atomic E-state index is 0.0635. The Morgan fingerprint density at radius 1 is 1.38 bits per heavy atom. The van der Waals surface area contributed by atoms with Crippen LogP contribution in [0.2, 0.25) is 0 Å². The average molecular weight is 187 g/mol. The Kier molecular flexibility index (Phi) is 2.57. The van der Waals surface area contributed by atoms with E-state index in [1.54, 1.807) is 0 Å². The minimum Gasteiger partial charge on any atom is -0.378 e. The molecule has 0 aliphatic heterocycles. The van der Waals surface area contributed by atoms with Crippen LogP contribution in [-0.2, 0) is 4.79 Å². The number of primary amides is 1. The molecule has 1 aromatic rings. The Morgan fingerprint density at radius 2 is 2.00 bits per heavy atom. The average Bonchev–Trinajstić information content (AvgIpc) is 2.08. The number of hydrogen-bond donors (Lipinski definition) is 2. The van der Waals surface area contributed by atoms with Crippen LogP contribution in [0.5, 0.6) is 0 Å². The maximum absolute atomic E-state index is 12.6. The van der Waals surface area contributed by atoms with Gasteiger partial charge in [0.1, 0.15) is 0 Å². The smallest absolute Gasteiger partial charge is 0.250 e. The van der Waals surface area contributed by atoms with Crippen LogP contribution in [-0.4, -0.2) is 11.0 Å². The van der Waals surface area contributed by atoms with Gasteiger partial charge in [-0.2, -0.15) is 0 Å². The van der Waals surface area contributed by atoms with Crippen molar-refractivity contribution in [3.63, 3.8) is 0 Å². The lowest BCUT2D eigenvalue weighted by atomic mass is 10.1. The first-order valence-corrected chi connectivity index (χ1v) is 3.44. The first-order valence-electron chi connectivity index (χ1n) is 3.44. The third kappa shape index (κ3) is 2.00.